The molecule has 2 atom stereocenters. The van der Waals surface area contributed by atoms with Gasteiger partial charge in [0.15, 0.2) is 0 Å². The fraction of sp³-hybridized carbons (Fsp3) is 0.667. The van der Waals surface area contributed by atoms with Gasteiger partial charge in [-0.3, -0.25) is 9.10 Å². The van der Waals surface area contributed by atoms with Crippen LogP contribution in [0.2, 0.25) is 0 Å². The zero-order valence-electron chi connectivity index (χ0n) is 17.7. The average Bonchev–Trinajstić information content (AvgIpc) is 2.61. The smallest absolute Gasteiger partial charge is 0.243 e. The van der Waals surface area contributed by atoms with Gasteiger partial charge in [0.1, 0.15) is 6.04 Å². The lowest BCUT2D eigenvalue weighted by Crippen LogP contribution is -2.50. The molecule has 0 radical (unpaired) electrons. The predicted molar refractivity (Wildman–Crippen MR) is 114 cm³/mol. The third kappa shape index (κ3) is 6.83. The molecule has 0 saturated carbocycles. The molecule has 0 aliphatic rings. The van der Waals surface area contributed by atoms with Gasteiger partial charge >= 0.3 is 0 Å². The topological polar surface area (TPSA) is 66.5 Å². The standard InChI is InChI=1S/C21H36N2O3S/c1-7-10-11-18(8-2)15-22-21(24)20(9-3)23(27(6,25)26)19-13-12-16(4)17(5)14-19/h12-14,18,20H,7-11,15H2,1-6H3,(H,22,24)/t18-,20-/m1/s1. The first kappa shape index (κ1) is 23.5. The minimum Gasteiger partial charge on any atom is -0.354 e. The van der Waals surface area contributed by atoms with Gasteiger partial charge in [-0.2, -0.15) is 0 Å². The number of aryl methyl sites for hydroxylation is 2. The molecule has 1 amide bonds. The van der Waals surface area contributed by atoms with E-state index in [2.05, 4.69) is 19.2 Å². The van der Waals surface area contributed by atoms with Crippen LogP contribution in [0.5, 0.6) is 0 Å². The lowest BCUT2D eigenvalue weighted by atomic mass is 9.99. The van der Waals surface area contributed by atoms with Crippen LogP contribution in [-0.4, -0.2) is 33.2 Å². The number of sulfonamides is 1. The molecular formula is C21H36N2O3S. The van der Waals surface area contributed by atoms with E-state index in [-0.39, 0.29) is 5.91 Å². The number of anilines is 1. The van der Waals surface area contributed by atoms with Gasteiger partial charge in [-0.15, -0.1) is 0 Å². The molecule has 0 spiro atoms. The van der Waals surface area contributed by atoms with E-state index in [0.29, 0.717) is 24.6 Å². The lowest BCUT2D eigenvalue weighted by molar-refractivity contribution is -0.122. The Bertz CT molecular complexity index is 716. The van der Waals surface area contributed by atoms with Crippen molar-refractivity contribution in [2.75, 3.05) is 17.1 Å². The molecule has 154 valence electrons. The monoisotopic (exact) mass is 396 g/mol. The number of nitrogens with one attached hydrogen (secondary N) is 1. The molecule has 0 aliphatic carbocycles. The highest BCUT2D eigenvalue weighted by Crippen LogP contribution is 2.25. The number of hydrogen-bond acceptors (Lipinski definition) is 3. The van der Waals surface area contributed by atoms with Crippen LogP contribution in [-0.2, 0) is 14.8 Å². The second-order valence-electron chi connectivity index (χ2n) is 7.41. The fourth-order valence-corrected chi connectivity index (χ4v) is 4.43. The molecule has 5 nitrogen and oxygen atoms in total. The van der Waals surface area contributed by atoms with Crippen LogP contribution in [0.3, 0.4) is 0 Å². The highest BCUT2D eigenvalue weighted by Gasteiger charge is 2.31. The first-order valence-corrected chi connectivity index (χ1v) is 11.8. The highest BCUT2D eigenvalue weighted by atomic mass is 32.2. The Hall–Kier alpha value is -1.56. The molecule has 1 rings (SSSR count). The lowest BCUT2D eigenvalue weighted by Gasteiger charge is -2.31. The summed E-state index contributed by atoms with van der Waals surface area (Å²) >= 11 is 0. The zero-order chi connectivity index (χ0) is 20.6. The minimum absolute atomic E-state index is 0.226. The van der Waals surface area contributed by atoms with Crippen LogP contribution in [0.15, 0.2) is 18.2 Å². The van der Waals surface area contributed by atoms with Crippen molar-refractivity contribution in [3.8, 4) is 0 Å². The summed E-state index contributed by atoms with van der Waals surface area (Å²) in [5, 5.41) is 3.00. The van der Waals surface area contributed by atoms with Gasteiger partial charge in [0.2, 0.25) is 15.9 Å². The van der Waals surface area contributed by atoms with Gasteiger partial charge in [-0.05, 0) is 55.9 Å². The third-order valence-electron chi connectivity index (χ3n) is 5.18. The molecule has 6 heteroatoms. The van der Waals surface area contributed by atoms with Gasteiger partial charge in [0, 0.05) is 6.54 Å². The average molecular weight is 397 g/mol. The van der Waals surface area contributed by atoms with Gasteiger partial charge in [-0.1, -0.05) is 46.1 Å². The van der Waals surface area contributed by atoms with E-state index in [1.54, 1.807) is 6.07 Å². The summed E-state index contributed by atoms with van der Waals surface area (Å²) in [6.07, 6.45) is 5.94. The van der Waals surface area contributed by atoms with Crippen molar-refractivity contribution in [3.63, 3.8) is 0 Å². The summed E-state index contributed by atoms with van der Waals surface area (Å²) < 4.78 is 26.3. The van der Waals surface area contributed by atoms with Gasteiger partial charge in [-0.25, -0.2) is 8.42 Å². The molecule has 0 fully saturated rings. The summed E-state index contributed by atoms with van der Waals surface area (Å²) in [6, 6.07) is 4.76. The Morgan fingerprint density at radius 2 is 1.78 bits per heavy atom. The Labute approximate surface area is 165 Å². The van der Waals surface area contributed by atoms with Gasteiger partial charge in [0.05, 0.1) is 11.9 Å². The van der Waals surface area contributed by atoms with Crippen molar-refractivity contribution < 1.29 is 13.2 Å². The van der Waals surface area contributed by atoms with E-state index in [9.17, 15) is 13.2 Å². The number of carbonyl (C=O) groups excluding carboxylic acids is 1. The molecule has 0 unspecified atom stereocenters. The zero-order valence-corrected chi connectivity index (χ0v) is 18.5. The molecule has 1 aromatic carbocycles. The number of amides is 1. The number of benzene rings is 1. The van der Waals surface area contributed by atoms with Crippen LogP contribution >= 0.6 is 0 Å². The molecular weight excluding hydrogens is 360 g/mol. The van der Waals surface area contributed by atoms with Crippen LogP contribution in [0, 0.1) is 19.8 Å². The summed E-state index contributed by atoms with van der Waals surface area (Å²) in [7, 11) is -3.59. The Morgan fingerprint density at radius 3 is 2.26 bits per heavy atom. The second kappa shape index (κ2) is 10.7. The van der Waals surface area contributed by atoms with Crippen molar-refractivity contribution in [2.24, 2.45) is 5.92 Å². The number of hydrogen-bond donors (Lipinski definition) is 1. The quantitative estimate of drug-likeness (QED) is 0.610. The number of unbranched alkanes of at least 4 members (excludes halogenated alkanes) is 1. The van der Waals surface area contributed by atoms with E-state index in [1.165, 1.54) is 4.31 Å². The van der Waals surface area contributed by atoms with E-state index < -0.39 is 16.1 Å². The predicted octanol–water partition coefficient (Wildman–Crippen LogP) is 4.18. The summed E-state index contributed by atoms with van der Waals surface area (Å²) in [5.74, 6) is 0.204. The molecule has 0 aliphatic heterocycles. The summed E-state index contributed by atoms with van der Waals surface area (Å²) in [5.41, 5.74) is 2.63. The van der Waals surface area contributed by atoms with Crippen molar-refractivity contribution in [1.29, 1.82) is 0 Å². The second-order valence-corrected chi connectivity index (χ2v) is 9.27. The first-order chi connectivity index (χ1) is 12.6. The van der Waals surface area contributed by atoms with Crippen LogP contribution in [0.4, 0.5) is 5.69 Å². The molecule has 0 bridgehead atoms. The molecule has 27 heavy (non-hydrogen) atoms. The first-order valence-electron chi connectivity index (χ1n) is 9.99. The molecule has 1 N–H and O–H groups in total. The van der Waals surface area contributed by atoms with Crippen molar-refractivity contribution in [1.82, 2.24) is 5.32 Å². The largest absolute Gasteiger partial charge is 0.354 e. The van der Waals surface area contributed by atoms with Gasteiger partial charge in [0.25, 0.3) is 0 Å². The summed E-state index contributed by atoms with van der Waals surface area (Å²) in [6.45, 7) is 10.6. The van der Waals surface area contributed by atoms with E-state index in [4.69, 9.17) is 0 Å². The maximum atomic E-state index is 12.9. The maximum Gasteiger partial charge on any atom is 0.243 e. The van der Waals surface area contributed by atoms with Crippen molar-refractivity contribution in [2.45, 2.75) is 72.8 Å². The Morgan fingerprint density at radius 1 is 1.11 bits per heavy atom. The molecule has 0 saturated heterocycles. The van der Waals surface area contributed by atoms with E-state index in [1.807, 2.05) is 32.9 Å². The van der Waals surface area contributed by atoms with Crippen LogP contribution in [0.1, 0.15) is 64.0 Å². The SMILES string of the molecule is CCCC[C@@H](CC)CNC(=O)[C@@H](CC)N(c1ccc(C)c(C)c1)S(C)(=O)=O. The number of rotatable bonds is 11. The van der Waals surface area contributed by atoms with E-state index >= 15 is 0 Å². The van der Waals surface area contributed by atoms with Crippen molar-refractivity contribution >= 4 is 21.6 Å². The van der Waals surface area contributed by atoms with Crippen LogP contribution in [0.25, 0.3) is 0 Å². The fourth-order valence-electron chi connectivity index (χ4n) is 3.23. The minimum atomic E-state index is -3.59. The number of nitrogens with zero attached hydrogens (tertiary/aromatic N) is 1. The van der Waals surface area contributed by atoms with Gasteiger partial charge < -0.3 is 5.32 Å². The Balaban J connectivity index is 3.04. The van der Waals surface area contributed by atoms with Crippen LogP contribution < -0.4 is 9.62 Å². The Kier molecular flexibility index (Phi) is 9.30. The molecule has 0 heterocycles. The molecule has 0 aromatic heterocycles. The third-order valence-corrected chi connectivity index (χ3v) is 6.36. The van der Waals surface area contributed by atoms with E-state index in [0.717, 1.165) is 43.1 Å². The maximum absolute atomic E-state index is 12.9. The molecule has 1 aromatic rings. The highest BCUT2D eigenvalue weighted by molar-refractivity contribution is 7.92. The summed E-state index contributed by atoms with van der Waals surface area (Å²) in [4.78, 5) is 12.9. The normalized spacial score (nSPS) is 13.9. The van der Waals surface area contributed by atoms with Crippen molar-refractivity contribution in [3.05, 3.63) is 29.3 Å². The number of carbonyl (C=O) groups is 1.